The Hall–Kier alpha value is -1.36. The van der Waals surface area contributed by atoms with Crippen LogP contribution in [0, 0.1) is 17.2 Å². The van der Waals surface area contributed by atoms with Gasteiger partial charge >= 0.3 is 0 Å². The monoisotopic (exact) mass is 247 g/mol. The molecule has 0 amide bonds. The summed E-state index contributed by atoms with van der Waals surface area (Å²) in [5, 5.41) is 9.66. The molecule has 0 N–H and O–H groups in total. The van der Waals surface area contributed by atoms with Crippen LogP contribution in [-0.2, 0) is 9.09 Å². The maximum atomic E-state index is 12.7. The van der Waals surface area contributed by atoms with Gasteiger partial charge < -0.3 is 4.52 Å². The zero-order valence-corrected chi connectivity index (χ0v) is 10.6. The van der Waals surface area contributed by atoms with Crippen LogP contribution >= 0.6 is 7.37 Å². The Bertz CT molecular complexity index is 516. The van der Waals surface area contributed by atoms with Gasteiger partial charge in [0, 0.05) is 11.5 Å². The first-order valence-corrected chi connectivity index (χ1v) is 7.41. The lowest BCUT2D eigenvalue weighted by Gasteiger charge is -2.15. The number of nitrogens with zero attached hydrogens (tertiary/aromatic N) is 1. The van der Waals surface area contributed by atoms with E-state index >= 15 is 0 Å². The maximum absolute atomic E-state index is 12.7. The van der Waals surface area contributed by atoms with E-state index < -0.39 is 7.37 Å². The fraction of sp³-hybridized carbons (Fsp3) is 0.308. The molecule has 0 bridgehead atoms. The summed E-state index contributed by atoms with van der Waals surface area (Å²) in [6, 6.07) is 11.6. The van der Waals surface area contributed by atoms with E-state index in [9.17, 15) is 4.57 Å². The molecule has 1 aliphatic heterocycles. The lowest BCUT2D eigenvalue weighted by molar-refractivity contribution is 0.341. The molecule has 0 aromatic heterocycles. The van der Waals surface area contributed by atoms with Crippen LogP contribution in [-0.4, -0.2) is 12.8 Å². The second kappa shape index (κ2) is 4.87. The van der Waals surface area contributed by atoms with E-state index in [0.29, 0.717) is 18.1 Å². The van der Waals surface area contributed by atoms with Gasteiger partial charge in [0.2, 0.25) is 7.37 Å². The Kier molecular flexibility index (Phi) is 3.47. The lowest BCUT2D eigenvalue weighted by Crippen LogP contribution is -1.97. The van der Waals surface area contributed by atoms with Crippen molar-refractivity contribution in [2.24, 2.45) is 5.92 Å². The summed E-state index contributed by atoms with van der Waals surface area (Å²) in [4.78, 5) is 0. The van der Waals surface area contributed by atoms with Gasteiger partial charge in [0.1, 0.15) is 0 Å². The van der Waals surface area contributed by atoms with Crippen molar-refractivity contribution in [3.8, 4) is 6.07 Å². The minimum atomic E-state index is -2.84. The van der Waals surface area contributed by atoms with Gasteiger partial charge in [0.05, 0.1) is 18.6 Å². The summed E-state index contributed by atoms with van der Waals surface area (Å²) < 4.78 is 18.1. The zero-order chi connectivity index (χ0) is 12.3. The summed E-state index contributed by atoms with van der Waals surface area (Å²) in [5.41, 5.74) is 0.891. The van der Waals surface area contributed by atoms with E-state index in [1.807, 2.05) is 37.3 Å². The van der Waals surface area contributed by atoms with Crippen molar-refractivity contribution in [3.05, 3.63) is 42.0 Å². The molecular weight excluding hydrogens is 233 g/mol. The predicted molar refractivity (Wildman–Crippen MR) is 67.6 cm³/mol. The molecule has 0 spiro atoms. The lowest BCUT2D eigenvalue weighted by atomic mass is 10.1. The first-order chi connectivity index (χ1) is 8.19. The van der Waals surface area contributed by atoms with Crippen LogP contribution < -0.4 is 0 Å². The van der Waals surface area contributed by atoms with Gasteiger partial charge in [-0.05, 0) is 12.5 Å². The third-order valence-electron chi connectivity index (χ3n) is 2.74. The summed E-state index contributed by atoms with van der Waals surface area (Å²) in [7, 11) is -2.84. The van der Waals surface area contributed by atoms with Crippen molar-refractivity contribution >= 4 is 12.7 Å². The van der Waals surface area contributed by atoms with Crippen LogP contribution in [0.4, 0.5) is 0 Å². The largest absolute Gasteiger partial charge is 0.326 e. The van der Waals surface area contributed by atoms with Crippen LogP contribution in [0.1, 0.15) is 12.5 Å². The minimum Gasteiger partial charge on any atom is -0.326 e. The third kappa shape index (κ3) is 2.34. The highest BCUT2D eigenvalue weighted by Gasteiger charge is 2.38. The molecule has 1 aliphatic rings. The highest BCUT2D eigenvalue weighted by molar-refractivity contribution is 7.70. The van der Waals surface area contributed by atoms with E-state index in [-0.39, 0.29) is 5.92 Å². The van der Waals surface area contributed by atoms with Crippen molar-refractivity contribution in [2.45, 2.75) is 6.92 Å². The summed E-state index contributed by atoms with van der Waals surface area (Å²) in [5.74, 6) is -0.303. The normalized spacial score (nSPS) is 27.5. The van der Waals surface area contributed by atoms with Gasteiger partial charge in [-0.1, -0.05) is 36.4 Å². The van der Waals surface area contributed by atoms with Gasteiger partial charge in [-0.2, -0.15) is 5.26 Å². The molecule has 0 fully saturated rings. The molecule has 0 saturated carbocycles. The summed E-state index contributed by atoms with van der Waals surface area (Å²) in [6.07, 6.45) is 2.09. The van der Waals surface area contributed by atoms with Crippen LogP contribution in [0.5, 0.6) is 0 Å². The average molecular weight is 247 g/mol. The maximum Gasteiger partial charge on any atom is 0.234 e. The Labute approximate surface area is 101 Å². The molecule has 1 aromatic carbocycles. The van der Waals surface area contributed by atoms with E-state index in [1.165, 1.54) is 0 Å². The molecule has 1 aromatic rings. The number of hydrogen-bond donors (Lipinski definition) is 0. The first-order valence-electron chi connectivity index (χ1n) is 5.60. The van der Waals surface area contributed by atoms with E-state index in [0.717, 1.165) is 5.56 Å². The van der Waals surface area contributed by atoms with Crippen molar-refractivity contribution in [1.82, 2.24) is 0 Å². The smallest absolute Gasteiger partial charge is 0.234 e. The van der Waals surface area contributed by atoms with Crippen LogP contribution in [0.25, 0.3) is 5.31 Å². The molecule has 0 aliphatic carbocycles. The van der Waals surface area contributed by atoms with Gasteiger partial charge in [0.25, 0.3) is 0 Å². The first kappa shape index (κ1) is 12.1. The Morgan fingerprint density at radius 1 is 1.47 bits per heavy atom. The standard InChI is InChI=1S/C13H14NO2P/c1-2-16-17(15)10-11(9-14)8-13(17)12-6-4-3-5-7-12/h3-8,11H,2,10H2,1H3. The predicted octanol–water partition coefficient (Wildman–Crippen LogP) is 3.50. The fourth-order valence-electron chi connectivity index (χ4n) is 2.02. The highest BCUT2D eigenvalue weighted by atomic mass is 31.2. The molecule has 0 saturated heterocycles. The summed E-state index contributed by atoms with van der Waals surface area (Å²) >= 11 is 0. The van der Waals surface area contributed by atoms with Crippen molar-refractivity contribution in [3.63, 3.8) is 0 Å². The number of hydrogen-bond acceptors (Lipinski definition) is 3. The number of nitriles is 1. The Morgan fingerprint density at radius 2 is 2.18 bits per heavy atom. The number of rotatable bonds is 3. The molecule has 2 rings (SSSR count). The second-order valence-corrected chi connectivity index (χ2v) is 6.38. The molecule has 17 heavy (non-hydrogen) atoms. The number of allylic oxidation sites excluding steroid dienone is 1. The molecule has 1 heterocycles. The minimum absolute atomic E-state index is 0.303. The fourth-order valence-corrected chi connectivity index (χ4v) is 4.54. The Balaban J connectivity index is 2.42. The zero-order valence-electron chi connectivity index (χ0n) is 9.67. The van der Waals surface area contributed by atoms with Gasteiger partial charge in [-0.3, -0.25) is 4.57 Å². The van der Waals surface area contributed by atoms with Crippen LogP contribution in [0.2, 0.25) is 0 Å². The topological polar surface area (TPSA) is 50.1 Å². The SMILES string of the molecule is CCOP1(=O)CC(C#N)C=C1c1ccccc1. The van der Waals surface area contributed by atoms with E-state index in [2.05, 4.69) is 6.07 Å². The average Bonchev–Trinajstić information content (AvgIpc) is 2.68. The number of benzene rings is 1. The second-order valence-electron chi connectivity index (χ2n) is 3.93. The molecule has 4 heteroatoms. The van der Waals surface area contributed by atoms with Gasteiger partial charge in [-0.25, -0.2) is 0 Å². The van der Waals surface area contributed by atoms with Crippen LogP contribution in [0.3, 0.4) is 0 Å². The molecular formula is C13H14NO2P. The van der Waals surface area contributed by atoms with Crippen molar-refractivity contribution in [1.29, 1.82) is 5.26 Å². The molecule has 0 radical (unpaired) electrons. The van der Waals surface area contributed by atoms with Crippen LogP contribution in [0.15, 0.2) is 36.4 Å². The highest BCUT2D eigenvalue weighted by Crippen LogP contribution is 2.64. The molecule has 3 nitrogen and oxygen atoms in total. The van der Waals surface area contributed by atoms with Gasteiger partial charge in [0.15, 0.2) is 0 Å². The Morgan fingerprint density at radius 3 is 2.76 bits per heavy atom. The van der Waals surface area contributed by atoms with E-state index in [4.69, 9.17) is 9.79 Å². The molecule has 2 atom stereocenters. The summed E-state index contributed by atoms with van der Waals surface area (Å²) in [6.45, 7) is 2.22. The molecule has 88 valence electrons. The van der Waals surface area contributed by atoms with Crippen molar-refractivity contribution in [2.75, 3.05) is 12.8 Å². The van der Waals surface area contributed by atoms with Gasteiger partial charge in [-0.15, -0.1) is 0 Å². The molecule has 2 unspecified atom stereocenters. The quantitative estimate of drug-likeness (QED) is 0.768. The third-order valence-corrected chi connectivity index (χ3v) is 5.43. The van der Waals surface area contributed by atoms with E-state index in [1.54, 1.807) is 6.08 Å². The van der Waals surface area contributed by atoms with Crippen molar-refractivity contribution < 1.29 is 9.09 Å².